The van der Waals surface area contributed by atoms with Crippen LogP contribution in [-0.2, 0) is 22.6 Å². The number of anilines is 1. The molecule has 2 aromatic rings. The molecular formula is C31H39Cl2N5O4. The SMILES string of the molecule is CN(C)C1CCN([C@]2(CC=O)C[C@H](N3CCc4ccccc4NC3=O)CCN2C(=O)OCc2cc(Cl)cc(Cl)c2)CC1. The zero-order chi connectivity index (χ0) is 29.9. The molecule has 3 amide bonds. The molecule has 9 nitrogen and oxygen atoms in total. The smallest absolute Gasteiger partial charge is 0.411 e. The number of benzene rings is 2. The summed E-state index contributed by atoms with van der Waals surface area (Å²) < 4.78 is 5.82. The zero-order valence-corrected chi connectivity index (χ0v) is 25.7. The van der Waals surface area contributed by atoms with E-state index in [1.807, 2.05) is 29.2 Å². The van der Waals surface area contributed by atoms with Crippen molar-refractivity contribution in [2.45, 2.75) is 62.9 Å². The molecule has 2 atom stereocenters. The Hall–Kier alpha value is -2.85. The van der Waals surface area contributed by atoms with Crippen molar-refractivity contribution >= 4 is 47.3 Å². The molecule has 11 heteroatoms. The van der Waals surface area contributed by atoms with Crippen molar-refractivity contribution in [3.8, 4) is 0 Å². The van der Waals surface area contributed by atoms with Gasteiger partial charge in [0.05, 0.1) is 0 Å². The summed E-state index contributed by atoms with van der Waals surface area (Å²) in [5.41, 5.74) is 1.70. The highest BCUT2D eigenvalue weighted by Crippen LogP contribution is 2.39. The zero-order valence-electron chi connectivity index (χ0n) is 24.2. The molecule has 0 spiro atoms. The summed E-state index contributed by atoms with van der Waals surface area (Å²) in [5, 5.41) is 4.01. The van der Waals surface area contributed by atoms with Crippen LogP contribution in [0.3, 0.4) is 0 Å². The minimum absolute atomic E-state index is 0.00566. The summed E-state index contributed by atoms with van der Waals surface area (Å²) in [6, 6.07) is 13.1. The number of nitrogens with one attached hydrogen (secondary N) is 1. The van der Waals surface area contributed by atoms with Crippen LogP contribution in [0, 0.1) is 0 Å². The number of para-hydroxylation sites is 1. The number of urea groups is 1. The van der Waals surface area contributed by atoms with Gasteiger partial charge in [-0.25, -0.2) is 9.59 Å². The van der Waals surface area contributed by atoms with Crippen molar-refractivity contribution < 1.29 is 19.1 Å². The van der Waals surface area contributed by atoms with Crippen molar-refractivity contribution in [2.75, 3.05) is 45.6 Å². The second-order valence-electron chi connectivity index (χ2n) is 11.7. The van der Waals surface area contributed by atoms with Gasteiger partial charge in [0.2, 0.25) is 0 Å². The molecule has 3 heterocycles. The van der Waals surface area contributed by atoms with Crippen molar-refractivity contribution in [1.82, 2.24) is 19.6 Å². The first-order chi connectivity index (χ1) is 20.2. The van der Waals surface area contributed by atoms with Crippen LogP contribution in [0.25, 0.3) is 0 Å². The topological polar surface area (TPSA) is 85.4 Å². The summed E-state index contributed by atoms with van der Waals surface area (Å²) in [7, 11) is 4.17. The van der Waals surface area contributed by atoms with Gasteiger partial charge in [-0.2, -0.15) is 0 Å². The van der Waals surface area contributed by atoms with E-state index >= 15 is 0 Å². The number of carbonyl (C=O) groups is 3. The molecule has 0 aromatic heterocycles. The summed E-state index contributed by atoms with van der Waals surface area (Å²) >= 11 is 12.3. The van der Waals surface area contributed by atoms with E-state index in [2.05, 4.69) is 29.2 Å². The van der Waals surface area contributed by atoms with E-state index in [0.717, 1.165) is 49.9 Å². The number of hydrogen-bond donors (Lipinski definition) is 1. The van der Waals surface area contributed by atoms with Crippen LogP contribution in [-0.4, -0.2) is 96.0 Å². The van der Waals surface area contributed by atoms with Crippen LogP contribution in [0.1, 0.15) is 43.2 Å². The largest absolute Gasteiger partial charge is 0.444 e. The van der Waals surface area contributed by atoms with Gasteiger partial charge in [-0.05, 0) is 75.2 Å². The number of aldehydes is 1. The minimum atomic E-state index is -0.912. The van der Waals surface area contributed by atoms with Crippen LogP contribution in [0.2, 0.25) is 10.0 Å². The third kappa shape index (κ3) is 6.54. The van der Waals surface area contributed by atoms with E-state index in [0.29, 0.717) is 47.6 Å². The van der Waals surface area contributed by atoms with E-state index in [1.165, 1.54) is 0 Å². The molecule has 5 rings (SSSR count). The van der Waals surface area contributed by atoms with Gasteiger partial charge in [-0.1, -0.05) is 41.4 Å². The summed E-state index contributed by atoms with van der Waals surface area (Å²) in [6.45, 7) is 2.39. The van der Waals surface area contributed by atoms with Gasteiger partial charge in [0.1, 0.15) is 18.6 Å². The summed E-state index contributed by atoms with van der Waals surface area (Å²) in [4.78, 5) is 47.7. The van der Waals surface area contributed by atoms with Crippen molar-refractivity contribution in [3.63, 3.8) is 0 Å². The van der Waals surface area contributed by atoms with Crippen molar-refractivity contribution in [3.05, 3.63) is 63.6 Å². The van der Waals surface area contributed by atoms with E-state index < -0.39 is 11.8 Å². The highest BCUT2D eigenvalue weighted by molar-refractivity contribution is 6.34. The highest BCUT2D eigenvalue weighted by Gasteiger charge is 2.51. The predicted octanol–water partition coefficient (Wildman–Crippen LogP) is 5.50. The van der Waals surface area contributed by atoms with Crippen LogP contribution in [0.5, 0.6) is 0 Å². The Bertz CT molecular complexity index is 1280. The molecule has 0 unspecified atom stereocenters. The normalized spacial score (nSPS) is 23.7. The molecule has 0 bridgehead atoms. The van der Waals surface area contributed by atoms with Gasteiger partial charge in [0.25, 0.3) is 0 Å². The lowest BCUT2D eigenvalue weighted by Crippen LogP contribution is -2.69. The Morgan fingerprint density at radius 1 is 1.07 bits per heavy atom. The van der Waals surface area contributed by atoms with E-state index in [1.54, 1.807) is 23.1 Å². The third-order valence-corrected chi connectivity index (χ3v) is 9.47. The predicted molar refractivity (Wildman–Crippen MR) is 164 cm³/mol. The van der Waals surface area contributed by atoms with E-state index in [9.17, 15) is 14.4 Å². The average molecular weight is 617 g/mol. The third-order valence-electron chi connectivity index (χ3n) is 9.03. The Kier molecular flexibility index (Phi) is 9.62. The van der Waals surface area contributed by atoms with Crippen LogP contribution >= 0.6 is 23.2 Å². The fourth-order valence-electron chi connectivity index (χ4n) is 6.81. The maximum atomic E-state index is 13.8. The molecule has 0 aliphatic carbocycles. The van der Waals surface area contributed by atoms with E-state index in [4.69, 9.17) is 27.9 Å². The number of ether oxygens (including phenoxy) is 1. The molecule has 42 heavy (non-hydrogen) atoms. The lowest BCUT2D eigenvalue weighted by molar-refractivity contribution is -0.128. The Labute approximate surface area is 257 Å². The summed E-state index contributed by atoms with van der Waals surface area (Å²) in [5.74, 6) is 0. The molecule has 0 radical (unpaired) electrons. The standard InChI is InChI=1S/C31H39Cl2N5O4/c1-35(2)26-8-12-36(13-9-26)31(11-16-39)20-27(37-14-7-23-5-3-4-6-28(23)34-29(37)40)10-15-38(31)30(41)42-21-22-17-24(32)19-25(33)18-22/h3-6,16-19,26-27H,7-15,20-21H2,1-2H3,(H,34,40)/t27-,31+/m1/s1. The fourth-order valence-corrected chi connectivity index (χ4v) is 7.38. The highest BCUT2D eigenvalue weighted by atomic mass is 35.5. The molecule has 0 saturated carbocycles. The maximum Gasteiger partial charge on any atom is 0.411 e. The van der Waals surface area contributed by atoms with Crippen molar-refractivity contribution in [1.29, 1.82) is 0 Å². The van der Waals surface area contributed by atoms with Gasteiger partial charge in [0.15, 0.2) is 0 Å². The lowest BCUT2D eigenvalue weighted by atomic mass is 9.84. The second-order valence-corrected chi connectivity index (χ2v) is 12.6. The molecule has 3 aliphatic rings. The first-order valence-corrected chi connectivity index (χ1v) is 15.4. The Morgan fingerprint density at radius 3 is 2.48 bits per heavy atom. The molecule has 1 N–H and O–H groups in total. The van der Waals surface area contributed by atoms with E-state index in [-0.39, 0.29) is 25.1 Å². The Balaban J connectivity index is 1.41. The molecule has 2 aromatic carbocycles. The van der Waals surface area contributed by atoms with Crippen LogP contribution in [0.15, 0.2) is 42.5 Å². The number of fused-ring (bicyclic) bond motifs is 1. The quantitative estimate of drug-likeness (QED) is 0.414. The lowest BCUT2D eigenvalue weighted by Gasteiger charge is -2.56. The van der Waals surface area contributed by atoms with Crippen LogP contribution in [0.4, 0.5) is 15.3 Å². The molecule has 2 fully saturated rings. The molecule has 226 valence electrons. The number of nitrogens with zero attached hydrogens (tertiary/aromatic N) is 4. The number of piperidine rings is 2. The maximum absolute atomic E-state index is 13.8. The molecular weight excluding hydrogens is 577 g/mol. The fraction of sp³-hybridized carbons (Fsp3) is 0.516. The Morgan fingerprint density at radius 2 is 1.79 bits per heavy atom. The first kappa shape index (κ1) is 30.6. The number of halogens is 2. The minimum Gasteiger partial charge on any atom is -0.444 e. The van der Waals surface area contributed by atoms with Gasteiger partial charge >= 0.3 is 12.1 Å². The number of carbonyl (C=O) groups excluding carboxylic acids is 3. The number of rotatable bonds is 7. The summed E-state index contributed by atoms with van der Waals surface area (Å²) in [6.07, 6.45) is 4.14. The monoisotopic (exact) mass is 615 g/mol. The molecule has 2 saturated heterocycles. The van der Waals surface area contributed by atoms with Gasteiger partial charge in [-0.15, -0.1) is 0 Å². The van der Waals surface area contributed by atoms with Gasteiger partial charge in [0, 0.05) is 66.8 Å². The number of amides is 3. The number of likely N-dealkylation sites (tertiary alicyclic amines) is 2. The van der Waals surface area contributed by atoms with Crippen molar-refractivity contribution in [2.24, 2.45) is 0 Å². The first-order valence-electron chi connectivity index (χ1n) is 14.6. The van der Waals surface area contributed by atoms with Gasteiger partial charge < -0.3 is 24.6 Å². The van der Waals surface area contributed by atoms with Crippen LogP contribution < -0.4 is 5.32 Å². The number of hydrogen-bond acceptors (Lipinski definition) is 6. The van der Waals surface area contributed by atoms with Gasteiger partial charge in [-0.3, -0.25) is 9.80 Å². The second kappa shape index (κ2) is 13.2. The molecule has 3 aliphatic heterocycles. The average Bonchev–Trinajstić information content (AvgIpc) is 3.13.